The van der Waals surface area contributed by atoms with Gasteiger partial charge in [0.25, 0.3) is 0 Å². The second kappa shape index (κ2) is 6.92. The van der Waals surface area contributed by atoms with Gasteiger partial charge in [0.2, 0.25) is 0 Å². The van der Waals surface area contributed by atoms with Gasteiger partial charge in [-0.3, -0.25) is 0 Å². The minimum absolute atomic E-state index is 0.112. The normalized spacial score (nSPS) is 13.6. The van der Waals surface area contributed by atoms with Gasteiger partial charge in [-0.15, -0.1) is 0 Å². The van der Waals surface area contributed by atoms with Crippen molar-refractivity contribution in [1.29, 1.82) is 0 Å². The van der Waals surface area contributed by atoms with E-state index in [-0.39, 0.29) is 11.6 Å². The van der Waals surface area contributed by atoms with Gasteiger partial charge in [-0.2, -0.15) is 0 Å². The first kappa shape index (κ1) is 16.0. The number of rotatable bonds is 7. The summed E-state index contributed by atoms with van der Waals surface area (Å²) < 4.78 is 5.35. The van der Waals surface area contributed by atoms with Crippen LogP contribution >= 0.6 is 0 Å². The zero-order chi connectivity index (χ0) is 14.5. The van der Waals surface area contributed by atoms with Gasteiger partial charge < -0.3 is 15.0 Å². The van der Waals surface area contributed by atoms with Crippen LogP contribution in [0.1, 0.15) is 38.3 Å². The molecular weight excluding hydrogens is 236 g/mol. The Morgan fingerprint density at radius 2 is 1.89 bits per heavy atom. The number of ether oxygens (including phenoxy) is 1. The molecule has 108 valence electrons. The molecule has 0 saturated heterocycles. The molecule has 0 fully saturated rings. The topological polar surface area (TPSA) is 24.5 Å². The van der Waals surface area contributed by atoms with Crippen molar-refractivity contribution in [2.24, 2.45) is 0 Å². The van der Waals surface area contributed by atoms with Crippen LogP contribution in [0, 0.1) is 0 Å². The van der Waals surface area contributed by atoms with E-state index in [1.54, 1.807) is 7.11 Å². The van der Waals surface area contributed by atoms with E-state index >= 15 is 0 Å². The number of benzene rings is 1. The van der Waals surface area contributed by atoms with Crippen LogP contribution in [0.3, 0.4) is 0 Å². The lowest BCUT2D eigenvalue weighted by Crippen LogP contribution is -2.52. The van der Waals surface area contributed by atoms with E-state index in [1.807, 2.05) is 13.1 Å². The molecule has 0 aliphatic heterocycles. The summed E-state index contributed by atoms with van der Waals surface area (Å²) in [5.74, 6) is 0.914. The monoisotopic (exact) mass is 264 g/mol. The Bertz CT molecular complexity index is 386. The van der Waals surface area contributed by atoms with Gasteiger partial charge in [-0.05, 0) is 51.7 Å². The van der Waals surface area contributed by atoms with E-state index in [2.05, 4.69) is 56.4 Å². The zero-order valence-electron chi connectivity index (χ0n) is 13.2. The van der Waals surface area contributed by atoms with Crippen molar-refractivity contribution in [3.63, 3.8) is 0 Å². The molecule has 0 amide bonds. The van der Waals surface area contributed by atoms with Crippen LogP contribution in [0.2, 0.25) is 0 Å². The molecule has 1 atom stereocenters. The van der Waals surface area contributed by atoms with E-state index in [4.69, 9.17) is 4.74 Å². The second-order valence-electron chi connectivity index (χ2n) is 5.20. The highest BCUT2D eigenvalue weighted by Gasteiger charge is 2.37. The first-order valence-electron chi connectivity index (χ1n) is 7.04. The average molecular weight is 264 g/mol. The number of hydrogen-bond donors (Lipinski definition) is 1. The summed E-state index contributed by atoms with van der Waals surface area (Å²) in [5, 5.41) is 3.50. The Morgan fingerprint density at radius 3 is 2.32 bits per heavy atom. The van der Waals surface area contributed by atoms with E-state index < -0.39 is 0 Å². The Morgan fingerprint density at radius 1 is 1.26 bits per heavy atom. The number of hydrogen-bond acceptors (Lipinski definition) is 3. The quantitative estimate of drug-likeness (QED) is 0.819. The predicted octanol–water partition coefficient (Wildman–Crippen LogP) is 3.08. The van der Waals surface area contributed by atoms with Crippen LogP contribution in [0.15, 0.2) is 24.3 Å². The summed E-state index contributed by atoms with van der Waals surface area (Å²) in [7, 11) is 8.08. The lowest BCUT2D eigenvalue weighted by atomic mass is 9.79. The fourth-order valence-corrected chi connectivity index (χ4v) is 3.12. The molecule has 0 aliphatic rings. The van der Waals surface area contributed by atoms with E-state index in [9.17, 15) is 0 Å². The highest BCUT2D eigenvalue weighted by atomic mass is 16.5. The molecule has 1 aromatic rings. The van der Waals surface area contributed by atoms with Gasteiger partial charge in [-0.25, -0.2) is 0 Å². The van der Waals surface area contributed by atoms with Gasteiger partial charge in [0, 0.05) is 5.54 Å². The Kier molecular flexibility index (Phi) is 5.83. The molecular formula is C16H28N2O. The maximum atomic E-state index is 5.35. The summed E-state index contributed by atoms with van der Waals surface area (Å²) in [5.41, 5.74) is 1.39. The average Bonchev–Trinajstić information content (AvgIpc) is 2.44. The summed E-state index contributed by atoms with van der Waals surface area (Å²) in [6.45, 7) is 4.52. The molecule has 1 N–H and O–H groups in total. The summed E-state index contributed by atoms with van der Waals surface area (Å²) in [4.78, 5) is 2.34. The van der Waals surface area contributed by atoms with Crippen molar-refractivity contribution in [2.45, 2.75) is 38.3 Å². The number of nitrogens with one attached hydrogen (secondary N) is 1. The highest BCUT2D eigenvalue weighted by Crippen LogP contribution is 2.36. The third-order valence-corrected chi connectivity index (χ3v) is 4.37. The van der Waals surface area contributed by atoms with Crippen LogP contribution in [-0.2, 0) is 0 Å². The largest absolute Gasteiger partial charge is 0.497 e. The summed E-state index contributed by atoms with van der Waals surface area (Å²) in [6, 6.07) is 8.64. The molecule has 0 aromatic heterocycles. The maximum absolute atomic E-state index is 5.35. The van der Waals surface area contributed by atoms with Crippen molar-refractivity contribution in [2.75, 3.05) is 28.3 Å². The SMILES string of the molecule is CCC(CC)(C(NC)c1cccc(OC)c1)N(C)C. The molecule has 0 radical (unpaired) electrons. The molecule has 3 nitrogen and oxygen atoms in total. The Labute approximate surface area is 118 Å². The second-order valence-corrected chi connectivity index (χ2v) is 5.20. The lowest BCUT2D eigenvalue weighted by molar-refractivity contribution is 0.0917. The third kappa shape index (κ3) is 3.10. The maximum Gasteiger partial charge on any atom is 0.119 e. The van der Waals surface area contributed by atoms with E-state index in [0.29, 0.717) is 0 Å². The molecule has 0 bridgehead atoms. The van der Waals surface area contributed by atoms with E-state index in [0.717, 1.165) is 18.6 Å². The lowest BCUT2D eigenvalue weighted by Gasteiger charge is -2.45. The van der Waals surface area contributed by atoms with Gasteiger partial charge in [-0.1, -0.05) is 26.0 Å². The van der Waals surface area contributed by atoms with Crippen LogP contribution in [0.5, 0.6) is 5.75 Å². The third-order valence-electron chi connectivity index (χ3n) is 4.37. The van der Waals surface area contributed by atoms with Crippen molar-refractivity contribution >= 4 is 0 Å². The number of methoxy groups -OCH3 is 1. The summed E-state index contributed by atoms with van der Waals surface area (Å²) in [6.07, 6.45) is 2.19. The van der Waals surface area contributed by atoms with Crippen molar-refractivity contribution < 1.29 is 4.74 Å². The fraction of sp³-hybridized carbons (Fsp3) is 0.625. The molecule has 0 saturated carbocycles. The first-order chi connectivity index (χ1) is 9.05. The van der Waals surface area contributed by atoms with Crippen LogP contribution < -0.4 is 10.1 Å². The van der Waals surface area contributed by atoms with Crippen LogP contribution in [-0.4, -0.2) is 38.7 Å². The number of likely N-dealkylation sites (N-methyl/N-ethyl adjacent to an activating group) is 2. The minimum atomic E-state index is 0.112. The van der Waals surface area contributed by atoms with Crippen molar-refractivity contribution in [3.05, 3.63) is 29.8 Å². The van der Waals surface area contributed by atoms with Crippen molar-refractivity contribution in [1.82, 2.24) is 10.2 Å². The molecule has 1 aromatic carbocycles. The standard InChI is InChI=1S/C16H28N2O/c1-7-16(8-2,18(4)5)15(17-3)13-10-9-11-14(12-13)19-6/h9-12,15,17H,7-8H2,1-6H3. The zero-order valence-corrected chi connectivity index (χ0v) is 13.2. The van der Waals surface area contributed by atoms with Gasteiger partial charge in [0.15, 0.2) is 0 Å². The molecule has 1 unspecified atom stereocenters. The Hall–Kier alpha value is -1.06. The predicted molar refractivity (Wildman–Crippen MR) is 81.8 cm³/mol. The fourth-order valence-electron chi connectivity index (χ4n) is 3.12. The Balaban J connectivity index is 3.23. The molecule has 1 rings (SSSR count). The smallest absolute Gasteiger partial charge is 0.119 e. The molecule has 0 aliphatic carbocycles. The van der Waals surface area contributed by atoms with Crippen LogP contribution in [0.4, 0.5) is 0 Å². The molecule has 0 spiro atoms. The molecule has 0 heterocycles. The first-order valence-corrected chi connectivity index (χ1v) is 7.04. The molecule has 3 heteroatoms. The van der Waals surface area contributed by atoms with Gasteiger partial charge in [0.05, 0.1) is 13.2 Å². The van der Waals surface area contributed by atoms with E-state index in [1.165, 1.54) is 5.56 Å². The number of nitrogens with zero attached hydrogens (tertiary/aromatic N) is 1. The highest BCUT2D eigenvalue weighted by molar-refractivity contribution is 5.32. The summed E-state index contributed by atoms with van der Waals surface area (Å²) >= 11 is 0. The minimum Gasteiger partial charge on any atom is -0.497 e. The van der Waals surface area contributed by atoms with Crippen molar-refractivity contribution in [3.8, 4) is 5.75 Å². The molecule has 19 heavy (non-hydrogen) atoms. The van der Waals surface area contributed by atoms with Gasteiger partial charge in [0.1, 0.15) is 5.75 Å². The van der Waals surface area contributed by atoms with Crippen LogP contribution in [0.25, 0.3) is 0 Å². The van der Waals surface area contributed by atoms with Gasteiger partial charge >= 0.3 is 0 Å².